The Kier molecular flexibility index (Phi) is 5.14. The Balaban J connectivity index is 2.14. The second kappa shape index (κ2) is 6.85. The van der Waals surface area contributed by atoms with E-state index < -0.39 is 0 Å². The third-order valence-corrected chi connectivity index (χ3v) is 3.97. The van der Waals surface area contributed by atoms with Gasteiger partial charge in [-0.15, -0.1) is 0 Å². The van der Waals surface area contributed by atoms with Gasteiger partial charge in [0.25, 0.3) is 0 Å². The van der Waals surface area contributed by atoms with Crippen molar-refractivity contribution in [1.82, 2.24) is 10.3 Å². The maximum absolute atomic E-state index is 14.5. The lowest BCUT2D eigenvalue weighted by molar-refractivity contribution is 0.421. The number of anilines is 1. The molecule has 0 saturated heterocycles. The molecule has 0 aliphatic heterocycles. The first-order valence-electron chi connectivity index (χ1n) is 7.31. The number of hydrogen-bond acceptors (Lipinski definition) is 3. The summed E-state index contributed by atoms with van der Waals surface area (Å²) >= 11 is 0. The van der Waals surface area contributed by atoms with Crippen LogP contribution < -0.4 is 10.2 Å². The van der Waals surface area contributed by atoms with E-state index in [1.807, 2.05) is 18.9 Å². The van der Waals surface area contributed by atoms with Crippen LogP contribution >= 0.6 is 0 Å². The normalized spacial score (nSPS) is 16.6. The lowest BCUT2D eigenvalue weighted by Gasteiger charge is -2.32. The lowest BCUT2D eigenvalue weighted by Crippen LogP contribution is -2.34. The highest BCUT2D eigenvalue weighted by Gasteiger charge is 2.22. The summed E-state index contributed by atoms with van der Waals surface area (Å²) < 4.78 is 14.5. The summed E-state index contributed by atoms with van der Waals surface area (Å²) in [5, 5.41) is 3.16. The van der Waals surface area contributed by atoms with Gasteiger partial charge in [0.1, 0.15) is 0 Å². The Morgan fingerprint density at radius 1 is 1.37 bits per heavy atom. The molecule has 2 rings (SSSR count). The average Bonchev–Trinajstić information content (AvgIpc) is 2.46. The zero-order valence-electron chi connectivity index (χ0n) is 12.0. The Labute approximate surface area is 115 Å². The van der Waals surface area contributed by atoms with Gasteiger partial charge >= 0.3 is 0 Å². The number of rotatable bonds is 5. The van der Waals surface area contributed by atoms with Crippen molar-refractivity contribution in [3.05, 3.63) is 23.6 Å². The van der Waals surface area contributed by atoms with Crippen molar-refractivity contribution in [2.24, 2.45) is 0 Å². The van der Waals surface area contributed by atoms with E-state index in [2.05, 4.69) is 10.3 Å². The maximum Gasteiger partial charge on any atom is 0.170 e. The summed E-state index contributed by atoms with van der Waals surface area (Å²) in [6, 6.07) is 2.20. The van der Waals surface area contributed by atoms with Crippen molar-refractivity contribution in [1.29, 1.82) is 0 Å². The molecule has 0 atom stereocenters. The molecule has 0 amide bonds. The highest BCUT2D eigenvalue weighted by molar-refractivity contribution is 5.43. The molecule has 0 aromatic carbocycles. The summed E-state index contributed by atoms with van der Waals surface area (Å²) in [6.07, 6.45) is 7.80. The minimum absolute atomic E-state index is 0.170. The number of halogens is 1. The molecule has 1 N–H and O–H groups in total. The Morgan fingerprint density at radius 2 is 2.11 bits per heavy atom. The minimum Gasteiger partial charge on any atom is -0.354 e. The van der Waals surface area contributed by atoms with Gasteiger partial charge in [0.2, 0.25) is 0 Å². The third-order valence-electron chi connectivity index (χ3n) is 3.97. The van der Waals surface area contributed by atoms with Crippen LogP contribution in [0.25, 0.3) is 0 Å². The molecule has 106 valence electrons. The van der Waals surface area contributed by atoms with Crippen molar-refractivity contribution in [3.8, 4) is 0 Å². The Bertz CT molecular complexity index is 402. The van der Waals surface area contributed by atoms with Gasteiger partial charge < -0.3 is 10.2 Å². The fourth-order valence-electron chi connectivity index (χ4n) is 2.75. The zero-order chi connectivity index (χ0) is 13.7. The smallest absolute Gasteiger partial charge is 0.170 e. The van der Waals surface area contributed by atoms with Crippen LogP contribution in [0, 0.1) is 5.82 Å². The van der Waals surface area contributed by atoms with E-state index in [4.69, 9.17) is 0 Å². The van der Waals surface area contributed by atoms with Gasteiger partial charge in [0, 0.05) is 31.4 Å². The second-order valence-corrected chi connectivity index (χ2v) is 5.29. The molecular formula is C15H24FN3. The van der Waals surface area contributed by atoms with Crippen LogP contribution in [0.15, 0.2) is 12.3 Å². The molecule has 1 aliphatic rings. The van der Waals surface area contributed by atoms with E-state index in [1.54, 1.807) is 12.3 Å². The monoisotopic (exact) mass is 265 g/mol. The molecule has 1 heterocycles. The van der Waals surface area contributed by atoms with Gasteiger partial charge in [0.05, 0.1) is 0 Å². The van der Waals surface area contributed by atoms with Crippen LogP contribution in [0.5, 0.6) is 0 Å². The van der Waals surface area contributed by atoms with Crippen molar-refractivity contribution in [2.45, 2.75) is 51.6 Å². The van der Waals surface area contributed by atoms with E-state index >= 15 is 0 Å². The molecule has 0 spiro atoms. The van der Waals surface area contributed by atoms with E-state index in [0.29, 0.717) is 24.0 Å². The molecule has 1 aromatic rings. The summed E-state index contributed by atoms with van der Waals surface area (Å²) in [4.78, 5) is 6.28. The lowest BCUT2D eigenvalue weighted by atomic mass is 9.94. The highest BCUT2D eigenvalue weighted by atomic mass is 19.1. The SMILES string of the molecule is CCNCc1ccnc(N(C)C2CCCCC2)c1F. The van der Waals surface area contributed by atoms with Crippen molar-refractivity contribution in [2.75, 3.05) is 18.5 Å². The molecular weight excluding hydrogens is 241 g/mol. The van der Waals surface area contributed by atoms with E-state index in [9.17, 15) is 4.39 Å². The second-order valence-electron chi connectivity index (χ2n) is 5.29. The average molecular weight is 265 g/mol. The molecule has 0 bridgehead atoms. The predicted octanol–water partition coefficient (Wildman–Crippen LogP) is 3.10. The van der Waals surface area contributed by atoms with E-state index in [1.165, 1.54) is 19.3 Å². The molecule has 4 heteroatoms. The molecule has 1 aromatic heterocycles. The highest BCUT2D eigenvalue weighted by Crippen LogP contribution is 2.27. The van der Waals surface area contributed by atoms with E-state index in [0.717, 1.165) is 19.4 Å². The number of nitrogens with one attached hydrogen (secondary N) is 1. The van der Waals surface area contributed by atoms with Crippen LogP contribution in [-0.2, 0) is 6.54 Å². The van der Waals surface area contributed by atoms with Gasteiger partial charge in [-0.25, -0.2) is 9.37 Å². The number of hydrogen-bond donors (Lipinski definition) is 1. The summed E-state index contributed by atoms with van der Waals surface area (Å²) in [7, 11) is 1.97. The molecule has 1 aliphatic carbocycles. The fraction of sp³-hybridized carbons (Fsp3) is 0.667. The van der Waals surface area contributed by atoms with Crippen molar-refractivity contribution in [3.63, 3.8) is 0 Å². The molecule has 1 saturated carbocycles. The number of nitrogens with zero attached hydrogens (tertiary/aromatic N) is 2. The van der Waals surface area contributed by atoms with Crippen LogP contribution in [0.1, 0.15) is 44.6 Å². The molecule has 3 nitrogen and oxygen atoms in total. The molecule has 0 unspecified atom stereocenters. The molecule has 19 heavy (non-hydrogen) atoms. The number of pyridine rings is 1. The van der Waals surface area contributed by atoms with Crippen LogP contribution in [0.3, 0.4) is 0 Å². The number of aromatic nitrogens is 1. The Morgan fingerprint density at radius 3 is 2.79 bits per heavy atom. The standard InChI is InChI=1S/C15H24FN3/c1-3-17-11-12-9-10-18-15(14(12)16)19(2)13-7-5-4-6-8-13/h9-10,13,17H,3-8,11H2,1-2H3. The van der Waals surface area contributed by atoms with Crippen LogP contribution in [-0.4, -0.2) is 24.6 Å². The minimum atomic E-state index is -0.170. The predicted molar refractivity (Wildman–Crippen MR) is 76.9 cm³/mol. The van der Waals surface area contributed by atoms with Gasteiger partial charge in [-0.1, -0.05) is 26.2 Å². The first-order valence-corrected chi connectivity index (χ1v) is 7.31. The first kappa shape index (κ1) is 14.3. The first-order chi connectivity index (χ1) is 9.24. The molecule has 0 radical (unpaired) electrons. The zero-order valence-corrected chi connectivity index (χ0v) is 12.0. The summed E-state index contributed by atoms with van der Waals surface area (Å²) in [5.74, 6) is 0.332. The van der Waals surface area contributed by atoms with Gasteiger partial charge in [-0.3, -0.25) is 0 Å². The third kappa shape index (κ3) is 3.44. The van der Waals surface area contributed by atoms with E-state index in [-0.39, 0.29) is 5.82 Å². The van der Waals surface area contributed by atoms with Gasteiger partial charge in [0.15, 0.2) is 11.6 Å². The van der Waals surface area contributed by atoms with Crippen LogP contribution in [0.2, 0.25) is 0 Å². The van der Waals surface area contributed by atoms with Gasteiger partial charge in [-0.05, 0) is 25.5 Å². The maximum atomic E-state index is 14.5. The van der Waals surface area contributed by atoms with Crippen LogP contribution in [0.4, 0.5) is 10.2 Å². The molecule has 1 fully saturated rings. The van der Waals surface area contributed by atoms with Gasteiger partial charge in [-0.2, -0.15) is 0 Å². The largest absolute Gasteiger partial charge is 0.354 e. The quantitative estimate of drug-likeness (QED) is 0.886. The van der Waals surface area contributed by atoms with Crippen molar-refractivity contribution >= 4 is 5.82 Å². The topological polar surface area (TPSA) is 28.2 Å². The van der Waals surface area contributed by atoms with Crippen molar-refractivity contribution < 1.29 is 4.39 Å². The summed E-state index contributed by atoms with van der Waals surface area (Å²) in [5.41, 5.74) is 0.703. The fourth-order valence-corrected chi connectivity index (χ4v) is 2.75. The summed E-state index contributed by atoms with van der Waals surface area (Å²) in [6.45, 7) is 3.43. The Hall–Kier alpha value is -1.16.